The molecule has 0 rings (SSSR count). The van der Waals surface area contributed by atoms with E-state index in [-0.39, 0.29) is 25.5 Å². The number of carbonyl (C=O) groups is 3. The van der Waals surface area contributed by atoms with Crippen molar-refractivity contribution in [2.45, 2.75) is 25.9 Å². The van der Waals surface area contributed by atoms with Crippen molar-refractivity contribution >= 4 is 29.4 Å². The number of amides is 1. The first kappa shape index (κ1) is 17.4. The summed E-state index contributed by atoms with van der Waals surface area (Å²) >= 11 is 5.59. The summed E-state index contributed by atoms with van der Waals surface area (Å²) in [6.45, 7) is 6.21. The highest BCUT2D eigenvalue weighted by molar-refractivity contribution is 6.18. The van der Waals surface area contributed by atoms with Gasteiger partial charge in [-0.05, 0) is 13.8 Å². The third-order valence-corrected chi connectivity index (χ3v) is 2.53. The van der Waals surface area contributed by atoms with Gasteiger partial charge in [-0.2, -0.15) is 0 Å². The molecule has 0 radical (unpaired) electrons. The Labute approximate surface area is 117 Å². The minimum absolute atomic E-state index is 0.0360. The van der Waals surface area contributed by atoms with Crippen LogP contribution in [0.15, 0.2) is 12.7 Å². The van der Waals surface area contributed by atoms with Crippen molar-refractivity contribution in [2.24, 2.45) is 0 Å². The maximum absolute atomic E-state index is 11.4. The molecule has 1 N–H and O–H groups in total. The highest BCUT2D eigenvalue weighted by atomic mass is 35.5. The van der Waals surface area contributed by atoms with Crippen molar-refractivity contribution in [1.29, 1.82) is 0 Å². The van der Waals surface area contributed by atoms with E-state index >= 15 is 0 Å². The van der Waals surface area contributed by atoms with E-state index < -0.39 is 23.4 Å². The van der Waals surface area contributed by atoms with Crippen LogP contribution in [0, 0.1) is 0 Å². The van der Waals surface area contributed by atoms with Crippen molar-refractivity contribution in [3.63, 3.8) is 0 Å². The first-order valence-corrected chi connectivity index (χ1v) is 6.18. The van der Waals surface area contributed by atoms with E-state index in [0.29, 0.717) is 0 Å². The molecule has 6 nitrogen and oxygen atoms in total. The fraction of sp³-hybridized carbons (Fsp3) is 0.583. The molecule has 0 spiro atoms. The Kier molecular flexibility index (Phi) is 7.83. The monoisotopic (exact) mass is 291 g/mol. The summed E-state index contributed by atoms with van der Waals surface area (Å²) in [4.78, 5) is 33.3. The van der Waals surface area contributed by atoms with E-state index in [1.54, 1.807) is 13.8 Å². The Hall–Kier alpha value is -1.56. The largest absolute Gasteiger partial charge is 0.462 e. The van der Waals surface area contributed by atoms with Crippen LogP contribution in [0.2, 0.25) is 0 Å². The van der Waals surface area contributed by atoms with Gasteiger partial charge in [-0.15, -0.1) is 11.6 Å². The molecule has 0 aromatic heterocycles. The van der Waals surface area contributed by atoms with E-state index in [1.807, 2.05) is 0 Å². The van der Waals surface area contributed by atoms with Crippen molar-refractivity contribution in [3.05, 3.63) is 12.7 Å². The van der Waals surface area contributed by atoms with Gasteiger partial charge in [0.1, 0.15) is 18.8 Å². The highest BCUT2D eigenvalue weighted by Gasteiger charge is 2.21. The molecule has 0 heterocycles. The van der Waals surface area contributed by atoms with E-state index in [4.69, 9.17) is 16.3 Å². The molecule has 0 aliphatic rings. The second-order valence-electron chi connectivity index (χ2n) is 4.27. The molecule has 19 heavy (non-hydrogen) atoms. The minimum Gasteiger partial charge on any atom is -0.462 e. The normalized spacial score (nSPS) is 10.5. The zero-order valence-electron chi connectivity index (χ0n) is 11.0. The summed E-state index contributed by atoms with van der Waals surface area (Å²) in [6, 6.07) is 0. The maximum atomic E-state index is 11.4. The summed E-state index contributed by atoms with van der Waals surface area (Å²) in [7, 11) is 0. The van der Waals surface area contributed by atoms with Crippen molar-refractivity contribution in [1.82, 2.24) is 5.32 Å². The van der Waals surface area contributed by atoms with Crippen molar-refractivity contribution in [2.75, 3.05) is 19.0 Å². The third kappa shape index (κ3) is 9.07. The van der Waals surface area contributed by atoms with E-state index in [0.717, 1.165) is 6.08 Å². The number of halogens is 1. The van der Waals surface area contributed by atoms with Gasteiger partial charge in [0.15, 0.2) is 0 Å². The molecule has 0 aliphatic carbocycles. The van der Waals surface area contributed by atoms with Gasteiger partial charge in [0, 0.05) is 6.08 Å². The third-order valence-electron chi connectivity index (χ3n) is 1.88. The SMILES string of the molecule is C=CC(=O)OCCC(=O)NCC(=O)OC(C)(C)CCl. The number of hydrogen-bond donors (Lipinski definition) is 1. The second-order valence-corrected chi connectivity index (χ2v) is 4.53. The smallest absolute Gasteiger partial charge is 0.330 e. The molecule has 0 bridgehead atoms. The second kappa shape index (κ2) is 8.53. The molecule has 0 unspecified atom stereocenters. The lowest BCUT2D eigenvalue weighted by molar-refractivity contribution is -0.154. The molecule has 0 aromatic rings. The molecular weight excluding hydrogens is 274 g/mol. The van der Waals surface area contributed by atoms with Crippen LogP contribution < -0.4 is 5.32 Å². The molecule has 0 atom stereocenters. The van der Waals surface area contributed by atoms with Crippen LogP contribution in [0.25, 0.3) is 0 Å². The van der Waals surface area contributed by atoms with Gasteiger partial charge < -0.3 is 14.8 Å². The summed E-state index contributed by atoms with van der Waals surface area (Å²) < 4.78 is 9.63. The summed E-state index contributed by atoms with van der Waals surface area (Å²) in [5, 5.41) is 2.35. The van der Waals surface area contributed by atoms with Crippen LogP contribution in [-0.4, -0.2) is 42.5 Å². The van der Waals surface area contributed by atoms with Gasteiger partial charge in [-0.3, -0.25) is 9.59 Å². The lowest BCUT2D eigenvalue weighted by atomic mass is 10.2. The predicted octanol–water partition coefficient (Wildman–Crippen LogP) is 0.782. The Morgan fingerprint density at radius 1 is 1.37 bits per heavy atom. The number of rotatable bonds is 8. The molecule has 0 aromatic carbocycles. The average molecular weight is 292 g/mol. The first-order valence-electron chi connectivity index (χ1n) is 5.64. The Balaban J connectivity index is 3.81. The number of esters is 2. The van der Waals surface area contributed by atoms with Gasteiger partial charge in [0.25, 0.3) is 0 Å². The Bertz CT molecular complexity index is 354. The van der Waals surface area contributed by atoms with E-state index in [9.17, 15) is 14.4 Å². The lowest BCUT2D eigenvalue weighted by Gasteiger charge is -2.22. The Morgan fingerprint density at radius 2 is 2.00 bits per heavy atom. The molecule has 0 aliphatic heterocycles. The maximum Gasteiger partial charge on any atom is 0.330 e. The molecule has 0 saturated carbocycles. The van der Waals surface area contributed by atoms with Crippen molar-refractivity contribution < 1.29 is 23.9 Å². The van der Waals surface area contributed by atoms with Crippen molar-refractivity contribution in [3.8, 4) is 0 Å². The summed E-state index contributed by atoms with van der Waals surface area (Å²) in [5.41, 5.74) is -0.775. The minimum atomic E-state index is -0.775. The summed E-state index contributed by atoms with van der Waals surface area (Å²) in [6.07, 6.45) is 0.968. The van der Waals surface area contributed by atoms with Crippen LogP contribution >= 0.6 is 11.6 Å². The highest BCUT2D eigenvalue weighted by Crippen LogP contribution is 2.10. The van der Waals surface area contributed by atoms with Crippen LogP contribution in [0.3, 0.4) is 0 Å². The van der Waals surface area contributed by atoms with E-state index in [2.05, 4.69) is 16.6 Å². The topological polar surface area (TPSA) is 81.7 Å². The number of carbonyl (C=O) groups excluding carboxylic acids is 3. The number of hydrogen-bond acceptors (Lipinski definition) is 5. The standard InChI is InChI=1S/C12H18ClNO5/c1-4-10(16)18-6-5-9(15)14-7-11(17)19-12(2,3)8-13/h4H,1,5-8H2,2-3H3,(H,14,15). The number of nitrogens with one attached hydrogen (secondary N) is 1. The zero-order valence-corrected chi connectivity index (χ0v) is 11.8. The fourth-order valence-electron chi connectivity index (χ4n) is 0.934. The molecule has 0 fully saturated rings. The first-order chi connectivity index (χ1) is 8.80. The lowest BCUT2D eigenvalue weighted by Crippen LogP contribution is -2.37. The summed E-state index contributed by atoms with van der Waals surface area (Å²) in [5.74, 6) is -1.44. The molecule has 108 valence electrons. The van der Waals surface area contributed by atoms with Gasteiger partial charge in [-0.25, -0.2) is 4.79 Å². The van der Waals surface area contributed by atoms with Crippen LogP contribution in [0.4, 0.5) is 0 Å². The molecular formula is C12H18ClNO5. The average Bonchev–Trinajstić information content (AvgIpc) is 2.35. The van der Waals surface area contributed by atoms with Gasteiger partial charge in [0.2, 0.25) is 5.91 Å². The van der Waals surface area contributed by atoms with Crippen LogP contribution in [0.1, 0.15) is 20.3 Å². The van der Waals surface area contributed by atoms with Crippen LogP contribution in [0.5, 0.6) is 0 Å². The molecule has 1 amide bonds. The fourth-order valence-corrected chi connectivity index (χ4v) is 0.988. The van der Waals surface area contributed by atoms with E-state index in [1.165, 1.54) is 0 Å². The quantitative estimate of drug-likeness (QED) is 0.406. The van der Waals surface area contributed by atoms with Crippen LogP contribution in [-0.2, 0) is 23.9 Å². The predicted molar refractivity (Wildman–Crippen MR) is 69.7 cm³/mol. The molecule has 0 saturated heterocycles. The molecule has 7 heteroatoms. The number of alkyl halides is 1. The van der Waals surface area contributed by atoms with Gasteiger partial charge in [-0.1, -0.05) is 6.58 Å². The Morgan fingerprint density at radius 3 is 2.53 bits per heavy atom. The van der Waals surface area contributed by atoms with Gasteiger partial charge >= 0.3 is 11.9 Å². The van der Waals surface area contributed by atoms with Gasteiger partial charge in [0.05, 0.1) is 12.3 Å². The zero-order chi connectivity index (χ0) is 14.9. The number of ether oxygens (including phenoxy) is 2.